The van der Waals surface area contributed by atoms with Crippen LogP contribution in [0.1, 0.15) is 61.4 Å². The van der Waals surface area contributed by atoms with Gasteiger partial charge in [-0.2, -0.15) is 4.98 Å². The number of nitrogens with one attached hydrogen (secondary N) is 1. The fourth-order valence-corrected chi connectivity index (χ4v) is 4.00. The van der Waals surface area contributed by atoms with Gasteiger partial charge >= 0.3 is 0 Å². The molecule has 2 fully saturated rings. The SMILES string of the molecule is CCN(Cc1noc(C2CCC2)n1)C(=O)Cc1ccc(CC2CCNC2)cc1.Cl. The Balaban J connectivity index is 0.00000240. The Bertz CT molecular complexity index is 782. The molecule has 1 unspecified atom stereocenters. The summed E-state index contributed by atoms with van der Waals surface area (Å²) in [7, 11) is 0. The molecule has 7 heteroatoms. The van der Waals surface area contributed by atoms with Crippen LogP contribution in [0.5, 0.6) is 0 Å². The van der Waals surface area contributed by atoms with Crippen LogP contribution >= 0.6 is 12.4 Å². The first kappa shape index (κ1) is 21.8. The summed E-state index contributed by atoms with van der Waals surface area (Å²) in [6.07, 6.45) is 6.27. The molecule has 4 rings (SSSR count). The highest BCUT2D eigenvalue weighted by Gasteiger charge is 2.26. The van der Waals surface area contributed by atoms with E-state index in [1.807, 2.05) is 6.92 Å². The lowest BCUT2D eigenvalue weighted by Crippen LogP contribution is -2.32. The molecule has 1 aliphatic heterocycles. The minimum absolute atomic E-state index is 0. The van der Waals surface area contributed by atoms with Crippen molar-refractivity contribution in [2.75, 3.05) is 19.6 Å². The monoisotopic (exact) mass is 418 g/mol. The van der Waals surface area contributed by atoms with E-state index in [1.54, 1.807) is 4.90 Å². The van der Waals surface area contributed by atoms with Gasteiger partial charge in [0.05, 0.1) is 13.0 Å². The minimum Gasteiger partial charge on any atom is -0.339 e. The zero-order valence-electron chi connectivity index (χ0n) is 17.1. The highest BCUT2D eigenvalue weighted by molar-refractivity contribution is 5.85. The number of nitrogens with zero attached hydrogens (tertiary/aromatic N) is 3. The van der Waals surface area contributed by atoms with Crippen molar-refractivity contribution in [2.24, 2.45) is 5.92 Å². The Morgan fingerprint density at radius 2 is 1.97 bits per heavy atom. The predicted molar refractivity (Wildman–Crippen MR) is 114 cm³/mol. The first-order valence-corrected chi connectivity index (χ1v) is 10.6. The molecule has 0 bridgehead atoms. The van der Waals surface area contributed by atoms with Gasteiger partial charge in [0.25, 0.3) is 0 Å². The molecule has 1 N–H and O–H groups in total. The Morgan fingerprint density at radius 1 is 1.21 bits per heavy atom. The summed E-state index contributed by atoms with van der Waals surface area (Å²) in [5, 5.41) is 7.49. The minimum atomic E-state index is 0. The molecule has 1 aromatic carbocycles. The molecule has 2 heterocycles. The largest absolute Gasteiger partial charge is 0.339 e. The second kappa shape index (κ2) is 10.2. The maximum atomic E-state index is 12.8. The first-order chi connectivity index (χ1) is 13.7. The van der Waals surface area contributed by atoms with E-state index < -0.39 is 0 Å². The molecule has 1 amide bonds. The lowest BCUT2D eigenvalue weighted by atomic mass is 9.85. The third-order valence-corrected chi connectivity index (χ3v) is 6.07. The summed E-state index contributed by atoms with van der Waals surface area (Å²) >= 11 is 0. The van der Waals surface area contributed by atoms with Crippen LogP contribution in [0, 0.1) is 5.92 Å². The number of amides is 1. The van der Waals surface area contributed by atoms with E-state index in [-0.39, 0.29) is 18.3 Å². The zero-order chi connectivity index (χ0) is 19.3. The van der Waals surface area contributed by atoms with Gasteiger partial charge in [-0.25, -0.2) is 0 Å². The summed E-state index contributed by atoms with van der Waals surface area (Å²) in [6.45, 7) is 5.29. The summed E-state index contributed by atoms with van der Waals surface area (Å²) in [5.41, 5.74) is 2.41. The third-order valence-electron chi connectivity index (χ3n) is 6.07. The van der Waals surface area contributed by atoms with Gasteiger partial charge in [-0.3, -0.25) is 4.79 Å². The van der Waals surface area contributed by atoms with Gasteiger partial charge < -0.3 is 14.7 Å². The van der Waals surface area contributed by atoms with Gasteiger partial charge in [-0.15, -0.1) is 12.4 Å². The number of benzene rings is 1. The van der Waals surface area contributed by atoms with Gasteiger partial charge in [-0.1, -0.05) is 35.8 Å². The van der Waals surface area contributed by atoms with Crippen LogP contribution in [0.15, 0.2) is 28.8 Å². The second-order valence-electron chi connectivity index (χ2n) is 8.14. The molecule has 1 atom stereocenters. The Hall–Kier alpha value is -1.92. The molecule has 1 aliphatic carbocycles. The van der Waals surface area contributed by atoms with Crippen LogP contribution < -0.4 is 5.32 Å². The fraction of sp³-hybridized carbons (Fsp3) is 0.591. The van der Waals surface area contributed by atoms with Gasteiger partial charge in [0.15, 0.2) is 5.82 Å². The summed E-state index contributed by atoms with van der Waals surface area (Å²) in [6, 6.07) is 8.52. The Kier molecular flexibility index (Phi) is 7.67. The van der Waals surface area contributed by atoms with Crippen LogP contribution in [0.4, 0.5) is 0 Å². The molecule has 0 radical (unpaired) electrons. The average Bonchev–Trinajstić information content (AvgIpc) is 3.32. The number of carbonyl (C=O) groups excluding carboxylic acids is 1. The number of aromatic nitrogens is 2. The molecule has 29 heavy (non-hydrogen) atoms. The molecule has 6 nitrogen and oxygen atoms in total. The molecule has 1 aromatic heterocycles. The van der Waals surface area contributed by atoms with E-state index in [0.29, 0.717) is 31.3 Å². The van der Waals surface area contributed by atoms with E-state index in [4.69, 9.17) is 4.52 Å². The van der Waals surface area contributed by atoms with Crippen molar-refractivity contribution in [2.45, 2.75) is 57.9 Å². The topological polar surface area (TPSA) is 71.3 Å². The lowest BCUT2D eigenvalue weighted by Gasteiger charge is -2.21. The fourth-order valence-electron chi connectivity index (χ4n) is 4.00. The number of hydrogen-bond donors (Lipinski definition) is 1. The van der Waals surface area contributed by atoms with E-state index in [0.717, 1.165) is 49.7 Å². The normalized spacial score (nSPS) is 18.9. The molecular weight excluding hydrogens is 388 g/mol. The standard InChI is InChI=1S/C22H30N4O2.ClH/c1-2-26(15-20-24-22(28-25-20)19-4-3-5-19)21(27)13-17-8-6-16(7-9-17)12-18-10-11-23-14-18;/h6-9,18-19,23H,2-5,10-15H2,1H3;1H. The van der Waals surface area contributed by atoms with E-state index in [9.17, 15) is 4.79 Å². The smallest absolute Gasteiger partial charge is 0.229 e. The average molecular weight is 419 g/mol. The highest BCUT2D eigenvalue weighted by atomic mass is 35.5. The second-order valence-corrected chi connectivity index (χ2v) is 8.14. The number of likely N-dealkylation sites (N-methyl/N-ethyl adjacent to an activating group) is 1. The van der Waals surface area contributed by atoms with Crippen LogP contribution in [-0.2, 0) is 24.2 Å². The molecule has 2 aromatic rings. The quantitative estimate of drug-likeness (QED) is 0.710. The van der Waals surface area contributed by atoms with Gasteiger partial charge in [0, 0.05) is 12.5 Å². The van der Waals surface area contributed by atoms with Crippen molar-refractivity contribution in [3.8, 4) is 0 Å². The van der Waals surface area contributed by atoms with Crippen molar-refractivity contribution in [1.82, 2.24) is 20.4 Å². The van der Waals surface area contributed by atoms with E-state index in [2.05, 4.69) is 39.7 Å². The molecule has 1 saturated heterocycles. The lowest BCUT2D eigenvalue weighted by molar-refractivity contribution is -0.131. The zero-order valence-corrected chi connectivity index (χ0v) is 17.9. The highest BCUT2D eigenvalue weighted by Crippen LogP contribution is 2.35. The molecule has 0 spiro atoms. The number of carbonyl (C=O) groups is 1. The van der Waals surface area contributed by atoms with Crippen LogP contribution in [0.2, 0.25) is 0 Å². The van der Waals surface area contributed by atoms with Gasteiger partial charge in [0.1, 0.15) is 0 Å². The molecule has 158 valence electrons. The Morgan fingerprint density at radius 3 is 2.59 bits per heavy atom. The number of halogens is 1. The molecule has 1 saturated carbocycles. The van der Waals surface area contributed by atoms with Crippen LogP contribution in [-0.4, -0.2) is 40.6 Å². The van der Waals surface area contributed by atoms with Crippen LogP contribution in [0.3, 0.4) is 0 Å². The van der Waals surface area contributed by atoms with Crippen molar-refractivity contribution in [1.29, 1.82) is 0 Å². The maximum absolute atomic E-state index is 12.8. The number of hydrogen-bond acceptors (Lipinski definition) is 5. The third kappa shape index (κ3) is 5.58. The summed E-state index contributed by atoms with van der Waals surface area (Å²) in [5.74, 6) is 2.61. The van der Waals surface area contributed by atoms with Crippen molar-refractivity contribution < 1.29 is 9.32 Å². The first-order valence-electron chi connectivity index (χ1n) is 10.6. The van der Waals surface area contributed by atoms with Gasteiger partial charge in [0.2, 0.25) is 11.8 Å². The summed E-state index contributed by atoms with van der Waals surface area (Å²) < 4.78 is 5.38. The van der Waals surface area contributed by atoms with Crippen LogP contribution in [0.25, 0.3) is 0 Å². The van der Waals surface area contributed by atoms with E-state index in [1.165, 1.54) is 18.4 Å². The number of rotatable bonds is 8. The predicted octanol–water partition coefficient (Wildman–Crippen LogP) is 3.50. The van der Waals surface area contributed by atoms with Crippen molar-refractivity contribution in [3.05, 3.63) is 47.1 Å². The van der Waals surface area contributed by atoms with Crippen molar-refractivity contribution >= 4 is 18.3 Å². The molecule has 2 aliphatic rings. The maximum Gasteiger partial charge on any atom is 0.229 e. The summed E-state index contributed by atoms with van der Waals surface area (Å²) in [4.78, 5) is 19.0. The van der Waals surface area contributed by atoms with E-state index >= 15 is 0 Å². The van der Waals surface area contributed by atoms with Crippen molar-refractivity contribution in [3.63, 3.8) is 0 Å². The Labute approximate surface area is 178 Å². The molecular formula is C22H31ClN4O2. The van der Waals surface area contributed by atoms with Gasteiger partial charge in [-0.05, 0) is 62.7 Å².